The van der Waals surface area contributed by atoms with Gasteiger partial charge in [0.2, 0.25) is 0 Å². The van der Waals surface area contributed by atoms with E-state index in [2.05, 4.69) is 12.8 Å². The Labute approximate surface area is 67.9 Å². The highest BCUT2D eigenvalue weighted by Gasteiger charge is 2.37. The molecular weight excluding hydrogens is 140 g/mol. The Morgan fingerprint density at radius 3 is 3.00 bits per heavy atom. The van der Waals surface area contributed by atoms with Crippen LogP contribution in [0.4, 0.5) is 0 Å². The molecule has 1 aliphatic rings. The van der Waals surface area contributed by atoms with E-state index < -0.39 is 0 Å². The molecule has 0 aliphatic carbocycles. The van der Waals surface area contributed by atoms with Crippen molar-refractivity contribution in [1.82, 2.24) is 0 Å². The van der Waals surface area contributed by atoms with Crippen LogP contribution >= 0.6 is 0 Å². The van der Waals surface area contributed by atoms with Gasteiger partial charge in [0.15, 0.2) is 0 Å². The second kappa shape index (κ2) is 4.38. The number of rotatable bonds is 5. The molecule has 0 saturated carbocycles. The summed E-state index contributed by atoms with van der Waals surface area (Å²) < 4.78 is 10.4. The minimum absolute atomic E-state index is 0.322. The van der Waals surface area contributed by atoms with Gasteiger partial charge in [-0.3, -0.25) is 0 Å². The van der Waals surface area contributed by atoms with Gasteiger partial charge in [0.1, 0.15) is 12.7 Å². The molecule has 0 amide bonds. The Balaban J connectivity index is 1.92. The average molecular weight is 154 g/mol. The van der Waals surface area contributed by atoms with Gasteiger partial charge >= 0.3 is 0 Å². The first-order chi connectivity index (χ1) is 5.38. The van der Waals surface area contributed by atoms with E-state index in [0.29, 0.717) is 25.4 Å². The molecule has 1 heterocycles. The predicted molar refractivity (Wildman–Crippen MR) is 43.2 cm³/mol. The van der Waals surface area contributed by atoms with E-state index in [9.17, 15) is 0 Å². The lowest BCUT2D eigenvalue weighted by molar-refractivity contribution is 0.145. The highest BCUT2D eigenvalue weighted by Crippen LogP contribution is 2.26. The van der Waals surface area contributed by atoms with Gasteiger partial charge in [-0.25, -0.2) is 0 Å². The van der Waals surface area contributed by atoms with Crippen molar-refractivity contribution < 1.29 is 9.47 Å². The summed E-state index contributed by atoms with van der Waals surface area (Å²) in [6, 6.07) is 0. The van der Waals surface area contributed by atoms with Gasteiger partial charge in [-0.1, -0.05) is 19.3 Å². The fourth-order valence-electron chi connectivity index (χ4n) is 1.10. The van der Waals surface area contributed by atoms with Crippen molar-refractivity contribution in [2.75, 3.05) is 13.2 Å². The van der Waals surface area contributed by atoms with E-state index in [1.165, 1.54) is 6.42 Å². The molecule has 11 heavy (non-hydrogen) atoms. The standard InChI is InChI=1S/C9H14O2/c1-3-5-8-9(11-8)7-10-6-4-2/h2,8-9H,3,5-7H2,1H3/t8-,9+/m1/s1. The molecule has 0 bridgehead atoms. The molecule has 0 unspecified atom stereocenters. The highest BCUT2D eigenvalue weighted by molar-refractivity contribution is 4.86. The molecule has 1 rings (SSSR count). The van der Waals surface area contributed by atoms with Gasteiger partial charge in [0.05, 0.1) is 12.7 Å². The molecule has 2 atom stereocenters. The van der Waals surface area contributed by atoms with Crippen LogP contribution in [0.3, 0.4) is 0 Å². The molecule has 1 aliphatic heterocycles. The predicted octanol–water partition coefficient (Wildman–Crippen LogP) is 1.20. The molecule has 0 N–H and O–H groups in total. The van der Waals surface area contributed by atoms with Crippen LogP contribution in [-0.2, 0) is 9.47 Å². The molecule has 62 valence electrons. The Morgan fingerprint density at radius 1 is 1.55 bits per heavy atom. The highest BCUT2D eigenvalue weighted by atomic mass is 16.6. The minimum atomic E-state index is 0.322. The number of hydrogen-bond donors (Lipinski definition) is 0. The van der Waals surface area contributed by atoms with Gasteiger partial charge in [-0.2, -0.15) is 0 Å². The Hall–Kier alpha value is -0.520. The van der Waals surface area contributed by atoms with E-state index in [0.717, 1.165) is 6.42 Å². The third-order valence-electron chi connectivity index (χ3n) is 1.73. The zero-order valence-corrected chi connectivity index (χ0v) is 6.88. The largest absolute Gasteiger partial charge is 0.367 e. The van der Waals surface area contributed by atoms with E-state index in [1.807, 2.05) is 0 Å². The van der Waals surface area contributed by atoms with Crippen LogP contribution in [0.25, 0.3) is 0 Å². The van der Waals surface area contributed by atoms with Crippen molar-refractivity contribution in [3.63, 3.8) is 0 Å². The van der Waals surface area contributed by atoms with Gasteiger partial charge in [-0.15, -0.1) is 6.42 Å². The summed E-state index contributed by atoms with van der Waals surface area (Å²) in [6.45, 7) is 3.22. The quantitative estimate of drug-likeness (QED) is 0.337. The molecule has 2 heteroatoms. The first kappa shape index (κ1) is 8.58. The Morgan fingerprint density at radius 2 is 2.36 bits per heavy atom. The Kier molecular flexibility index (Phi) is 3.41. The summed E-state index contributed by atoms with van der Waals surface area (Å²) in [7, 11) is 0. The van der Waals surface area contributed by atoms with Crippen molar-refractivity contribution in [1.29, 1.82) is 0 Å². The lowest BCUT2D eigenvalue weighted by atomic mass is 10.2. The van der Waals surface area contributed by atoms with E-state index in [4.69, 9.17) is 15.9 Å². The van der Waals surface area contributed by atoms with Crippen LogP contribution in [0.15, 0.2) is 0 Å². The van der Waals surface area contributed by atoms with Crippen LogP contribution < -0.4 is 0 Å². The van der Waals surface area contributed by atoms with Crippen LogP contribution in [0.2, 0.25) is 0 Å². The molecule has 0 aromatic rings. The van der Waals surface area contributed by atoms with Crippen LogP contribution in [-0.4, -0.2) is 25.4 Å². The zero-order valence-electron chi connectivity index (χ0n) is 6.88. The number of terminal acetylenes is 1. The fourth-order valence-corrected chi connectivity index (χ4v) is 1.10. The molecule has 0 radical (unpaired) electrons. The SMILES string of the molecule is C#CCOC[C@@H]1O[C@@H]1CCC. The third kappa shape index (κ3) is 2.92. The zero-order chi connectivity index (χ0) is 8.10. The van der Waals surface area contributed by atoms with E-state index in [-0.39, 0.29) is 0 Å². The van der Waals surface area contributed by atoms with Gasteiger partial charge in [-0.05, 0) is 6.42 Å². The summed E-state index contributed by atoms with van der Waals surface area (Å²) in [4.78, 5) is 0. The first-order valence-electron chi connectivity index (χ1n) is 4.05. The van der Waals surface area contributed by atoms with Crippen molar-refractivity contribution in [3.8, 4) is 12.3 Å². The normalized spacial score (nSPS) is 28.0. The average Bonchev–Trinajstić information content (AvgIpc) is 2.70. The molecular formula is C9H14O2. The van der Waals surface area contributed by atoms with Crippen molar-refractivity contribution in [2.24, 2.45) is 0 Å². The van der Waals surface area contributed by atoms with Crippen LogP contribution in [0, 0.1) is 12.3 Å². The summed E-state index contributed by atoms with van der Waals surface area (Å²) in [5.74, 6) is 2.42. The molecule has 1 fully saturated rings. The summed E-state index contributed by atoms with van der Waals surface area (Å²) in [5.41, 5.74) is 0. The summed E-state index contributed by atoms with van der Waals surface area (Å²) in [6.07, 6.45) is 8.10. The van der Waals surface area contributed by atoms with E-state index in [1.54, 1.807) is 0 Å². The molecule has 1 saturated heterocycles. The molecule has 0 aromatic heterocycles. The molecule has 0 aromatic carbocycles. The maximum atomic E-state index is 5.31. The van der Waals surface area contributed by atoms with Gasteiger partial charge in [0, 0.05) is 0 Å². The third-order valence-corrected chi connectivity index (χ3v) is 1.73. The topological polar surface area (TPSA) is 21.8 Å². The fraction of sp³-hybridized carbons (Fsp3) is 0.778. The number of ether oxygens (including phenoxy) is 2. The van der Waals surface area contributed by atoms with Gasteiger partial charge < -0.3 is 9.47 Å². The number of hydrogen-bond acceptors (Lipinski definition) is 2. The summed E-state index contributed by atoms with van der Waals surface area (Å²) >= 11 is 0. The summed E-state index contributed by atoms with van der Waals surface area (Å²) in [5, 5.41) is 0. The van der Waals surface area contributed by atoms with Gasteiger partial charge in [0.25, 0.3) is 0 Å². The maximum absolute atomic E-state index is 5.31. The number of epoxide rings is 1. The van der Waals surface area contributed by atoms with Crippen molar-refractivity contribution in [2.45, 2.75) is 32.0 Å². The first-order valence-corrected chi connectivity index (χ1v) is 4.05. The molecule has 0 spiro atoms. The van der Waals surface area contributed by atoms with E-state index >= 15 is 0 Å². The second-order valence-electron chi connectivity index (χ2n) is 2.72. The lowest BCUT2D eigenvalue weighted by Gasteiger charge is -1.93. The van der Waals surface area contributed by atoms with Crippen LogP contribution in [0.1, 0.15) is 19.8 Å². The second-order valence-corrected chi connectivity index (χ2v) is 2.72. The monoisotopic (exact) mass is 154 g/mol. The maximum Gasteiger partial charge on any atom is 0.107 e. The minimum Gasteiger partial charge on any atom is -0.367 e. The van der Waals surface area contributed by atoms with Crippen LogP contribution in [0.5, 0.6) is 0 Å². The smallest absolute Gasteiger partial charge is 0.107 e. The lowest BCUT2D eigenvalue weighted by Crippen LogP contribution is -2.04. The molecule has 2 nitrogen and oxygen atoms in total. The van der Waals surface area contributed by atoms with Crippen molar-refractivity contribution >= 4 is 0 Å². The Bertz CT molecular complexity index is 148. The van der Waals surface area contributed by atoms with Crippen molar-refractivity contribution in [3.05, 3.63) is 0 Å².